The number of hydrogen-bond donors (Lipinski definition) is 2. The molecule has 2 fully saturated rings. The Hall–Kier alpha value is -2.54. The molecular weight excluding hydrogens is 421 g/mol. The maximum atomic E-state index is 14.2. The normalized spacial score (nSPS) is 28.5. The first-order chi connectivity index (χ1) is 16.0. The molecule has 4 aliphatic rings. The summed E-state index contributed by atoms with van der Waals surface area (Å²) in [6.07, 6.45) is 10.7. The number of nitrogens with one attached hydrogen (secondary N) is 2. The molecule has 0 aromatic heterocycles. The van der Waals surface area contributed by atoms with Crippen molar-refractivity contribution in [2.45, 2.75) is 88.9 Å². The van der Waals surface area contributed by atoms with Crippen LogP contribution in [0.25, 0.3) is 0 Å². The van der Waals surface area contributed by atoms with E-state index in [1.54, 1.807) is 11.0 Å². The molecule has 1 aromatic rings. The van der Waals surface area contributed by atoms with Crippen LogP contribution in [0.3, 0.4) is 0 Å². The van der Waals surface area contributed by atoms with E-state index in [9.17, 15) is 18.8 Å². The standard InChI is InChI=1S/C26H32FN3O3/c27-19-7-9-22(28-20-4-2-1-3-5-20)17(14-19)12-16-6-8-21-18(13-16)15-30(26(21)33)23-10-11-24(31)29-25(23)32/h6,8,13-14,17,20,22-23,28H,1-5,7,9-12,15H2,(H,29,31,32)/t17-,22-,23?/m0/s1. The van der Waals surface area contributed by atoms with E-state index < -0.39 is 11.9 Å². The van der Waals surface area contributed by atoms with Gasteiger partial charge >= 0.3 is 0 Å². The summed E-state index contributed by atoms with van der Waals surface area (Å²) < 4.78 is 14.2. The molecule has 176 valence electrons. The van der Waals surface area contributed by atoms with Gasteiger partial charge in [0.25, 0.3) is 5.91 Å². The van der Waals surface area contributed by atoms with Crippen molar-refractivity contribution in [3.63, 3.8) is 0 Å². The first-order valence-electron chi connectivity index (χ1n) is 12.4. The van der Waals surface area contributed by atoms with Gasteiger partial charge in [-0.3, -0.25) is 19.7 Å². The van der Waals surface area contributed by atoms with Crippen LogP contribution < -0.4 is 10.6 Å². The highest BCUT2D eigenvalue weighted by Gasteiger charge is 2.39. The van der Waals surface area contributed by atoms with Gasteiger partial charge in [-0.2, -0.15) is 0 Å². The van der Waals surface area contributed by atoms with E-state index in [0.717, 1.165) is 24.0 Å². The van der Waals surface area contributed by atoms with Crippen molar-refractivity contribution >= 4 is 17.7 Å². The van der Waals surface area contributed by atoms with Crippen molar-refractivity contribution in [3.05, 3.63) is 46.8 Å². The largest absolute Gasteiger partial charge is 0.322 e. The zero-order valence-electron chi connectivity index (χ0n) is 18.9. The summed E-state index contributed by atoms with van der Waals surface area (Å²) >= 11 is 0. The highest BCUT2D eigenvalue weighted by molar-refractivity contribution is 6.05. The maximum absolute atomic E-state index is 14.2. The van der Waals surface area contributed by atoms with Gasteiger partial charge in [-0.25, -0.2) is 4.39 Å². The first-order valence-corrected chi connectivity index (χ1v) is 12.4. The predicted octanol–water partition coefficient (Wildman–Crippen LogP) is 3.54. The summed E-state index contributed by atoms with van der Waals surface area (Å²) in [5, 5.41) is 6.16. The molecule has 0 bridgehead atoms. The Morgan fingerprint density at radius 3 is 2.64 bits per heavy atom. The summed E-state index contributed by atoms with van der Waals surface area (Å²) in [5.74, 6) is -0.783. The van der Waals surface area contributed by atoms with Crippen molar-refractivity contribution in [2.24, 2.45) is 5.92 Å². The molecule has 2 aliphatic carbocycles. The van der Waals surface area contributed by atoms with Crippen molar-refractivity contribution < 1.29 is 18.8 Å². The summed E-state index contributed by atoms with van der Waals surface area (Å²) in [6.45, 7) is 0.368. The molecule has 1 aromatic carbocycles. The Bertz CT molecular complexity index is 985. The molecule has 2 heterocycles. The summed E-state index contributed by atoms with van der Waals surface area (Å²) in [4.78, 5) is 38.3. The number of fused-ring (bicyclic) bond motifs is 1. The minimum atomic E-state index is -0.606. The topological polar surface area (TPSA) is 78.5 Å². The Labute approximate surface area is 194 Å². The van der Waals surface area contributed by atoms with Crippen LogP contribution in [0, 0.1) is 5.92 Å². The SMILES string of the molecule is O=C1CCC(N2Cc3cc(C[C@H]4C=C(F)CC[C@@H]4NC4CCCCC4)ccc3C2=O)C(=O)N1. The number of nitrogens with zero attached hydrogens (tertiary/aromatic N) is 1. The number of piperidine rings is 1. The molecule has 3 atom stereocenters. The first kappa shape index (κ1) is 22.3. The Balaban J connectivity index is 1.29. The van der Waals surface area contributed by atoms with Gasteiger partial charge in [0.1, 0.15) is 6.04 Å². The molecule has 33 heavy (non-hydrogen) atoms. The van der Waals surface area contributed by atoms with Gasteiger partial charge in [-0.05, 0) is 61.3 Å². The molecule has 2 aliphatic heterocycles. The molecule has 7 heteroatoms. The molecule has 3 amide bonds. The molecule has 0 radical (unpaired) electrons. The average Bonchev–Trinajstić information content (AvgIpc) is 3.12. The molecule has 1 unspecified atom stereocenters. The molecule has 2 N–H and O–H groups in total. The van der Waals surface area contributed by atoms with Crippen LogP contribution >= 0.6 is 0 Å². The minimum Gasteiger partial charge on any atom is -0.322 e. The van der Waals surface area contributed by atoms with Crippen molar-refractivity contribution in [3.8, 4) is 0 Å². The third kappa shape index (κ3) is 4.74. The highest BCUT2D eigenvalue weighted by Crippen LogP contribution is 2.32. The van der Waals surface area contributed by atoms with E-state index in [2.05, 4.69) is 10.6 Å². The third-order valence-corrected chi connectivity index (χ3v) is 7.72. The van der Waals surface area contributed by atoms with Crippen LogP contribution in [-0.2, 0) is 22.6 Å². The number of imide groups is 1. The molecule has 5 rings (SSSR count). The molecule has 0 spiro atoms. The molecule has 1 saturated carbocycles. The lowest BCUT2D eigenvalue weighted by Gasteiger charge is -2.34. The van der Waals surface area contributed by atoms with Gasteiger partial charge in [0.15, 0.2) is 0 Å². The van der Waals surface area contributed by atoms with Crippen LogP contribution in [0.15, 0.2) is 30.1 Å². The zero-order valence-corrected chi connectivity index (χ0v) is 18.9. The van der Waals surface area contributed by atoms with E-state index in [4.69, 9.17) is 0 Å². The maximum Gasteiger partial charge on any atom is 0.255 e. The van der Waals surface area contributed by atoms with Crippen LogP contribution in [-0.4, -0.2) is 40.7 Å². The van der Waals surface area contributed by atoms with Crippen LogP contribution in [0.5, 0.6) is 0 Å². The lowest BCUT2D eigenvalue weighted by Crippen LogP contribution is -2.52. The fraction of sp³-hybridized carbons (Fsp3) is 0.577. The van der Waals surface area contributed by atoms with E-state index in [1.165, 1.54) is 32.1 Å². The molecule has 6 nitrogen and oxygen atoms in total. The van der Waals surface area contributed by atoms with Crippen molar-refractivity contribution in [1.82, 2.24) is 15.5 Å². The van der Waals surface area contributed by atoms with Crippen LogP contribution in [0.1, 0.15) is 79.3 Å². The fourth-order valence-electron chi connectivity index (χ4n) is 5.95. The van der Waals surface area contributed by atoms with Crippen molar-refractivity contribution in [1.29, 1.82) is 0 Å². The Morgan fingerprint density at radius 1 is 1.03 bits per heavy atom. The quantitative estimate of drug-likeness (QED) is 0.669. The number of halogens is 1. The fourth-order valence-corrected chi connectivity index (χ4v) is 5.95. The highest BCUT2D eigenvalue weighted by atomic mass is 19.1. The number of amides is 3. The number of hydrogen-bond acceptors (Lipinski definition) is 4. The smallest absolute Gasteiger partial charge is 0.255 e. The minimum absolute atomic E-state index is 0.0259. The predicted molar refractivity (Wildman–Crippen MR) is 122 cm³/mol. The zero-order chi connectivity index (χ0) is 22.9. The number of allylic oxidation sites excluding steroid dienone is 1. The second kappa shape index (κ2) is 9.37. The number of benzene rings is 1. The Morgan fingerprint density at radius 2 is 1.85 bits per heavy atom. The summed E-state index contributed by atoms with van der Waals surface area (Å²) in [5.41, 5.74) is 2.60. The molecule has 1 saturated heterocycles. The van der Waals surface area contributed by atoms with E-state index in [1.807, 2.05) is 18.2 Å². The van der Waals surface area contributed by atoms with Gasteiger partial charge in [0.05, 0.1) is 5.83 Å². The van der Waals surface area contributed by atoms with Gasteiger partial charge in [0.2, 0.25) is 11.8 Å². The monoisotopic (exact) mass is 453 g/mol. The van der Waals surface area contributed by atoms with Gasteiger partial charge < -0.3 is 10.2 Å². The lowest BCUT2D eigenvalue weighted by atomic mass is 9.83. The van der Waals surface area contributed by atoms with E-state index in [-0.39, 0.29) is 36.0 Å². The lowest BCUT2D eigenvalue weighted by molar-refractivity contribution is -0.136. The third-order valence-electron chi connectivity index (χ3n) is 7.72. The second-order valence-corrected chi connectivity index (χ2v) is 10.0. The van der Waals surface area contributed by atoms with E-state index in [0.29, 0.717) is 31.0 Å². The van der Waals surface area contributed by atoms with Crippen LogP contribution in [0.2, 0.25) is 0 Å². The van der Waals surface area contributed by atoms with Gasteiger partial charge in [0, 0.05) is 37.0 Å². The second-order valence-electron chi connectivity index (χ2n) is 10.0. The van der Waals surface area contributed by atoms with Crippen LogP contribution in [0.4, 0.5) is 4.39 Å². The summed E-state index contributed by atoms with van der Waals surface area (Å²) in [7, 11) is 0. The number of rotatable bonds is 5. The van der Waals surface area contributed by atoms with Crippen molar-refractivity contribution in [2.75, 3.05) is 0 Å². The van der Waals surface area contributed by atoms with Gasteiger partial charge in [-0.1, -0.05) is 31.4 Å². The molecular formula is C26H32FN3O3. The average molecular weight is 454 g/mol. The number of carbonyl (C=O) groups is 3. The van der Waals surface area contributed by atoms with E-state index >= 15 is 0 Å². The Kier molecular flexibility index (Phi) is 6.32. The number of carbonyl (C=O) groups excluding carboxylic acids is 3. The van der Waals surface area contributed by atoms with Gasteiger partial charge in [-0.15, -0.1) is 0 Å². The summed E-state index contributed by atoms with van der Waals surface area (Å²) in [6, 6.07) is 6.03.